The number of rotatable bonds is 4. The summed E-state index contributed by atoms with van der Waals surface area (Å²) in [5.41, 5.74) is 2.37. The third-order valence-electron chi connectivity index (χ3n) is 3.83. The van der Waals surface area contributed by atoms with Gasteiger partial charge in [-0.2, -0.15) is 23.1 Å². The predicted octanol–water partition coefficient (Wildman–Crippen LogP) is 3.74. The van der Waals surface area contributed by atoms with Crippen molar-refractivity contribution < 1.29 is 22.7 Å². The summed E-state index contributed by atoms with van der Waals surface area (Å²) in [4.78, 5) is 22.5. The number of carbonyl (C=O) groups is 1. The summed E-state index contributed by atoms with van der Waals surface area (Å²) in [6, 6.07) is 6.71. The molecular formula is C16H13F3N6O2. The summed E-state index contributed by atoms with van der Waals surface area (Å²) in [6.07, 6.45) is -3.32. The number of hydrogen-bond donors (Lipinski definition) is 4. The Labute approximate surface area is 150 Å². The summed E-state index contributed by atoms with van der Waals surface area (Å²) in [5.74, 6) is 0.185. The number of benzene rings is 1. The normalized spacial score (nSPS) is 13.7. The van der Waals surface area contributed by atoms with Crippen molar-refractivity contribution >= 4 is 40.3 Å². The van der Waals surface area contributed by atoms with Crippen LogP contribution in [0.25, 0.3) is 11.0 Å². The molecule has 4 N–H and O–H groups in total. The van der Waals surface area contributed by atoms with E-state index in [4.69, 9.17) is 4.74 Å². The van der Waals surface area contributed by atoms with Gasteiger partial charge in [0.05, 0.1) is 11.1 Å². The minimum Gasteiger partial charge on any atom is -0.444 e. The lowest BCUT2D eigenvalue weighted by atomic mass is 10.1. The van der Waals surface area contributed by atoms with Gasteiger partial charge in [0.15, 0.2) is 0 Å². The largest absolute Gasteiger partial charge is 0.444 e. The van der Waals surface area contributed by atoms with Crippen molar-refractivity contribution in [2.75, 3.05) is 22.5 Å². The number of aromatic nitrogens is 3. The van der Waals surface area contributed by atoms with E-state index in [-0.39, 0.29) is 18.4 Å². The smallest absolute Gasteiger partial charge is 0.411 e. The van der Waals surface area contributed by atoms with Crippen molar-refractivity contribution in [3.63, 3.8) is 0 Å². The topological polar surface area (TPSA) is 104 Å². The molecule has 4 rings (SSSR count). The maximum Gasteiger partial charge on any atom is 0.411 e. The highest BCUT2D eigenvalue weighted by molar-refractivity contribution is 5.89. The van der Waals surface area contributed by atoms with Crippen LogP contribution in [-0.2, 0) is 11.3 Å². The van der Waals surface area contributed by atoms with Crippen LogP contribution in [0.15, 0.2) is 30.5 Å². The van der Waals surface area contributed by atoms with Crippen molar-refractivity contribution in [2.24, 2.45) is 0 Å². The monoisotopic (exact) mass is 378 g/mol. The van der Waals surface area contributed by atoms with Crippen LogP contribution in [0.2, 0.25) is 0 Å². The van der Waals surface area contributed by atoms with E-state index in [9.17, 15) is 18.0 Å². The minimum absolute atomic E-state index is 0.0645. The van der Waals surface area contributed by atoms with Gasteiger partial charge in [0.25, 0.3) is 0 Å². The molecule has 0 unspecified atom stereocenters. The minimum atomic E-state index is -4.37. The fourth-order valence-corrected chi connectivity index (χ4v) is 2.65. The van der Waals surface area contributed by atoms with Gasteiger partial charge in [0, 0.05) is 17.4 Å². The van der Waals surface area contributed by atoms with E-state index in [0.717, 1.165) is 5.56 Å². The Bertz CT molecular complexity index is 1020. The highest BCUT2D eigenvalue weighted by atomic mass is 19.4. The van der Waals surface area contributed by atoms with Gasteiger partial charge in [-0.1, -0.05) is 0 Å². The molecule has 0 atom stereocenters. The number of aromatic amines is 1. The van der Waals surface area contributed by atoms with Gasteiger partial charge in [-0.25, -0.2) is 4.79 Å². The average molecular weight is 378 g/mol. The van der Waals surface area contributed by atoms with Crippen molar-refractivity contribution in [3.8, 4) is 0 Å². The Morgan fingerprint density at radius 2 is 2.07 bits per heavy atom. The molecule has 0 bridgehead atoms. The summed E-state index contributed by atoms with van der Waals surface area (Å²) in [6.45, 7) is -1.09. The molecule has 3 heterocycles. The SMILES string of the molecule is O=C1Nc2ccc(Nc3nc(NCC(F)(F)F)c4cc[nH]c4n3)cc2CO1. The second-order valence-corrected chi connectivity index (χ2v) is 5.80. The highest BCUT2D eigenvalue weighted by Crippen LogP contribution is 2.28. The van der Waals surface area contributed by atoms with E-state index >= 15 is 0 Å². The van der Waals surface area contributed by atoms with Gasteiger partial charge in [-0.3, -0.25) is 5.32 Å². The fraction of sp³-hybridized carbons (Fsp3) is 0.188. The number of cyclic esters (lactones) is 1. The summed E-state index contributed by atoms with van der Waals surface area (Å²) in [7, 11) is 0. The van der Waals surface area contributed by atoms with Gasteiger partial charge < -0.3 is 20.4 Å². The number of fused-ring (bicyclic) bond motifs is 2. The molecule has 1 aromatic carbocycles. The fourth-order valence-electron chi connectivity index (χ4n) is 2.65. The quantitative estimate of drug-likeness (QED) is 0.551. The van der Waals surface area contributed by atoms with Crippen LogP contribution in [0.4, 0.5) is 41.1 Å². The molecule has 0 fully saturated rings. The van der Waals surface area contributed by atoms with E-state index in [2.05, 4.69) is 30.9 Å². The van der Waals surface area contributed by atoms with Crippen LogP contribution in [0.1, 0.15) is 5.56 Å². The van der Waals surface area contributed by atoms with E-state index in [1.54, 1.807) is 30.5 Å². The number of halogens is 3. The van der Waals surface area contributed by atoms with Crippen LogP contribution >= 0.6 is 0 Å². The van der Waals surface area contributed by atoms with Crippen molar-refractivity contribution in [1.29, 1.82) is 0 Å². The molecule has 140 valence electrons. The second kappa shape index (κ2) is 6.34. The van der Waals surface area contributed by atoms with E-state index in [1.165, 1.54) is 0 Å². The third-order valence-corrected chi connectivity index (χ3v) is 3.83. The summed E-state index contributed by atoms with van der Waals surface area (Å²) < 4.78 is 42.5. The Kier molecular flexibility index (Phi) is 3.98. The van der Waals surface area contributed by atoms with Gasteiger partial charge in [-0.15, -0.1) is 0 Å². The molecule has 2 aromatic heterocycles. The zero-order valence-electron chi connectivity index (χ0n) is 13.6. The number of hydrogen-bond acceptors (Lipinski definition) is 6. The maximum atomic E-state index is 12.5. The lowest BCUT2D eigenvalue weighted by Gasteiger charge is -2.18. The molecule has 3 aromatic rings. The molecule has 0 spiro atoms. The second-order valence-electron chi connectivity index (χ2n) is 5.80. The van der Waals surface area contributed by atoms with Crippen LogP contribution < -0.4 is 16.0 Å². The number of alkyl halides is 3. The van der Waals surface area contributed by atoms with E-state index in [0.29, 0.717) is 22.4 Å². The molecule has 0 radical (unpaired) electrons. The zero-order chi connectivity index (χ0) is 19.0. The molecule has 1 aliphatic heterocycles. The zero-order valence-corrected chi connectivity index (χ0v) is 13.6. The average Bonchev–Trinajstić information content (AvgIpc) is 3.08. The molecule has 0 aliphatic carbocycles. The summed E-state index contributed by atoms with van der Waals surface area (Å²) in [5, 5.41) is 8.26. The molecule has 0 saturated carbocycles. The number of nitrogens with zero attached hydrogens (tertiary/aromatic N) is 2. The first kappa shape index (κ1) is 16.9. The Morgan fingerprint density at radius 1 is 1.22 bits per heavy atom. The molecular weight excluding hydrogens is 365 g/mol. The molecule has 0 saturated heterocycles. The Balaban J connectivity index is 1.61. The van der Waals surface area contributed by atoms with Gasteiger partial charge in [-0.05, 0) is 24.3 Å². The lowest BCUT2D eigenvalue weighted by Crippen LogP contribution is -2.22. The van der Waals surface area contributed by atoms with E-state index < -0.39 is 18.8 Å². The van der Waals surface area contributed by atoms with Gasteiger partial charge >= 0.3 is 12.3 Å². The van der Waals surface area contributed by atoms with E-state index in [1.807, 2.05) is 0 Å². The number of carbonyl (C=O) groups excluding carboxylic acids is 1. The number of amides is 1. The van der Waals surface area contributed by atoms with Crippen molar-refractivity contribution in [2.45, 2.75) is 12.8 Å². The first-order chi connectivity index (χ1) is 12.9. The molecule has 1 amide bonds. The third kappa shape index (κ3) is 3.71. The maximum absolute atomic E-state index is 12.5. The van der Waals surface area contributed by atoms with Crippen LogP contribution in [0.3, 0.4) is 0 Å². The first-order valence-electron chi connectivity index (χ1n) is 7.87. The molecule has 11 heteroatoms. The van der Waals surface area contributed by atoms with Crippen molar-refractivity contribution in [1.82, 2.24) is 15.0 Å². The standard InChI is InChI=1S/C16H13F3N6O2/c17-16(18,19)7-21-13-10-3-4-20-12(10)24-14(25-13)22-9-1-2-11-8(5-9)6-27-15(26)23-11/h1-5H,6-7H2,(H,23,26)(H3,20,21,22,24,25). The molecule has 1 aliphatic rings. The number of anilines is 4. The van der Waals surface area contributed by atoms with Crippen LogP contribution in [0, 0.1) is 0 Å². The van der Waals surface area contributed by atoms with Crippen LogP contribution in [0.5, 0.6) is 0 Å². The Morgan fingerprint density at radius 3 is 2.89 bits per heavy atom. The number of nitrogens with one attached hydrogen (secondary N) is 4. The van der Waals surface area contributed by atoms with Crippen molar-refractivity contribution in [3.05, 3.63) is 36.0 Å². The Hall–Kier alpha value is -3.50. The molecule has 27 heavy (non-hydrogen) atoms. The first-order valence-corrected chi connectivity index (χ1v) is 7.87. The van der Waals surface area contributed by atoms with Crippen LogP contribution in [-0.4, -0.2) is 33.8 Å². The van der Waals surface area contributed by atoms with Gasteiger partial charge in [0.1, 0.15) is 24.6 Å². The predicted molar refractivity (Wildman–Crippen MR) is 92.0 cm³/mol. The number of ether oxygens (including phenoxy) is 1. The highest BCUT2D eigenvalue weighted by Gasteiger charge is 2.27. The number of H-pyrrole nitrogens is 1. The van der Waals surface area contributed by atoms with Gasteiger partial charge in [0.2, 0.25) is 5.95 Å². The lowest BCUT2D eigenvalue weighted by molar-refractivity contribution is -0.115. The molecule has 8 nitrogen and oxygen atoms in total. The summed E-state index contributed by atoms with van der Waals surface area (Å²) >= 11 is 0.